The first-order valence-electron chi connectivity index (χ1n) is 7.45. The number of nitrogens with zero attached hydrogens (tertiary/aromatic N) is 2. The van der Waals surface area contributed by atoms with Crippen molar-refractivity contribution in [3.8, 4) is 11.3 Å². The fourth-order valence-electron chi connectivity index (χ4n) is 2.64. The summed E-state index contributed by atoms with van der Waals surface area (Å²) >= 11 is 0. The number of aryl methyl sites for hydroxylation is 1. The Morgan fingerprint density at radius 3 is 2.52 bits per heavy atom. The largest absolute Gasteiger partial charge is 0.383 e. The highest BCUT2D eigenvalue weighted by Gasteiger charge is 2.12. The van der Waals surface area contributed by atoms with Crippen molar-refractivity contribution >= 4 is 11.5 Å². The summed E-state index contributed by atoms with van der Waals surface area (Å²) in [5, 5.41) is 0. The molecule has 108 valence electrons. The van der Waals surface area contributed by atoms with Gasteiger partial charge in [-0.25, -0.2) is 4.98 Å². The number of nitrogen functional groups attached to an aromatic ring is 1. The second-order valence-electron chi connectivity index (χ2n) is 5.66. The summed E-state index contributed by atoms with van der Waals surface area (Å²) in [5.74, 6) is 1.28. The van der Waals surface area contributed by atoms with Gasteiger partial charge in [-0.1, -0.05) is 44.2 Å². The van der Waals surface area contributed by atoms with Gasteiger partial charge in [-0.15, -0.1) is 0 Å². The van der Waals surface area contributed by atoms with Crippen molar-refractivity contribution < 1.29 is 0 Å². The molecular formula is C18H21N3. The zero-order valence-electron chi connectivity index (χ0n) is 12.8. The molecule has 1 unspecified atom stereocenters. The molecule has 0 aliphatic rings. The number of pyridine rings is 1. The molecule has 2 N–H and O–H groups in total. The number of benzene rings is 1. The zero-order chi connectivity index (χ0) is 15.0. The Balaban J connectivity index is 2.08. The van der Waals surface area contributed by atoms with Gasteiger partial charge in [0.2, 0.25) is 0 Å². The van der Waals surface area contributed by atoms with E-state index in [0.717, 1.165) is 28.9 Å². The van der Waals surface area contributed by atoms with Crippen LogP contribution in [0.1, 0.15) is 37.3 Å². The third-order valence-electron chi connectivity index (χ3n) is 4.25. The Hall–Kier alpha value is -2.29. The molecule has 0 fully saturated rings. The smallest absolute Gasteiger partial charge is 0.142 e. The third kappa shape index (κ3) is 2.29. The molecule has 0 amide bonds. The van der Waals surface area contributed by atoms with Gasteiger partial charge in [-0.05, 0) is 36.5 Å². The molecule has 0 saturated carbocycles. The van der Waals surface area contributed by atoms with E-state index in [4.69, 9.17) is 10.7 Å². The van der Waals surface area contributed by atoms with Gasteiger partial charge in [0.05, 0.1) is 0 Å². The van der Waals surface area contributed by atoms with Crippen molar-refractivity contribution in [1.82, 2.24) is 9.38 Å². The van der Waals surface area contributed by atoms with Crippen LogP contribution in [-0.2, 0) is 0 Å². The van der Waals surface area contributed by atoms with Crippen LogP contribution in [0.25, 0.3) is 16.9 Å². The van der Waals surface area contributed by atoms with Crippen LogP contribution in [0, 0.1) is 6.92 Å². The van der Waals surface area contributed by atoms with Crippen LogP contribution in [0.15, 0.2) is 42.6 Å². The second kappa shape index (κ2) is 5.24. The minimum atomic E-state index is 0.583. The number of hydrogen-bond acceptors (Lipinski definition) is 2. The predicted molar refractivity (Wildman–Crippen MR) is 88.5 cm³/mol. The number of imidazole rings is 1. The van der Waals surface area contributed by atoms with Crippen LogP contribution in [0.5, 0.6) is 0 Å². The minimum Gasteiger partial charge on any atom is -0.383 e. The summed E-state index contributed by atoms with van der Waals surface area (Å²) in [5.41, 5.74) is 11.6. The third-order valence-corrected chi connectivity index (χ3v) is 4.25. The maximum atomic E-state index is 6.26. The molecule has 2 aromatic heterocycles. The molecule has 0 bridgehead atoms. The van der Waals surface area contributed by atoms with Gasteiger partial charge in [-0.2, -0.15) is 0 Å². The van der Waals surface area contributed by atoms with Gasteiger partial charge >= 0.3 is 0 Å². The van der Waals surface area contributed by atoms with E-state index in [1.54, 1.807) is 0 Å². The number of anilines is 1. The Labute approximate surface area is 125 Å². The van der Waals surface area contributed by atoms with E-state index >= 15 is 0 Å². The topological polar surface area (TPSA) is 43.3 Å². The van der Waals surface area contributed by atoms with Gasteiger partial charge in [0.15, 0.2) is 0 Å². The van der Waals surface area contributed by atoms with Crippen molar-refractivity contribution in [2.24, 2.45) is 0 Å². The SMILES string of the molecule is CCC(C)c1ccc(-c2nc3c(C)cccn3c2N)cc1. The highest BCUT2D eigenvalue weighted by molar-refractivity contribution is 5.76. The number of aromatic nitrogens is 2. The molecule has 21 heavy (non-hydrogen) atoms. The molecule has 3 aromatic rings. The lowest BCUT2D eigenvalue weighted by molar-refractivity contribution is 0.734. The van der Waals surface area contributed by atoms with E-state index in [9.17, 15) is 0 Å². The Morgan fingerprint density at radius 1 is 1.19 bits per heavy atom. The van der Waals surface area contributed by atoms with E-state index in [1.165, 1.54) is 5.56 Å². The average molecular weight is 279 g/mol. The summed E-state index contributed by atoms with van der Waals surface area (Å²) in [6.45, 7) is 6.51. The van der Waals surface area contributed by atoms with Crippen molar-refractivity contribution in [3.63, 3.8) is 0 Å². The molecule has 0 aliphatic carbocycles. The monoisotopic (exact) mass is 279 g/mol. The number of rotatable bonds is 3. The molecular weight excluding hydrogens is 258 g/mol. The second-order valence-corrected chi connectivity index (χ2v) is 5.66. The van der Waals surface area contributed by atoms with Crippen LogP contribution in [0.4, 0.5) is 5.82 Å². The maximum Gasteiger partial charge on any atom is 0.142 e. The van der Waals surface area contributed by atoms with Crippen LogP contribution in [0.3, 0.4) is 0 Å². The molecule has 0 aliphatic heterocycles. The molecule has 1 atom stereocenters. The zero-order valence-corrected chi connectivity index (χ0v) is 12.8. The number of nitrogens with two attached hydrogens (primary N) is 1. The van der Waals surface area contributed by atoms with Crippen LogP contribution in [-0.4, -0.2) is 9.38 Å². The lowest BCUT2D eigenvalue weighted by Gasteiger charge is -2.09. The molecule has 2 heterocycles. The molecule has 3 heteroatoms. The van der Waals surface area contributed by atoms with Crippen LogP contribution < -0.4 is 5.73 Å². The van der Waals surface area contributed by atoms with Crippen molar-refractivity contribution in [2.75, 3.05) is 5.73 Å². The number of fused-ring (bicyclic) bond motifs is 1. The average Bonchev–Trinajstić information content (AvgIpc) is 2.85. The highest BCUT2D eigenvalue weighted by atomic mass is 15.1. The Bertz CT molecular complexity index is 769. The van der Waals surface area contributed by atoms with Gasteiger partial charge in [0.1, 0.15) is 17.2 Å². The molecule has 0 radical (unpaired) electrons. The molecule has 0 saturated heterocycles. The van der Waals surface area contributed by atoms with Crippen molar-refractivity contribution in [1.29, 1.82) is 0 Å². The normalized spacial score (nSPS) is 12.7. The van der Waals surface area contributed by atoms with E-state index in [1.807, 2.05) is 16.7 Å². The standard InChI is InChI=1S/C18H21N3/c1-4-12(2)14-7-9-15(10-8-14)16-17(19)21-11-5-6-13(3)18(21)20-16/h5-12H,4,19H2,1-3H3. The Morgan fingerprint density at radius 2 is 1.90 bits per heavy atom. The maximum absolute atomic E-state index is 6.26. The summed E-state index contributed by atoms with van der Waals surface area (Å²) in [6.07, 6.45) is 3.11. The summed E-state index contributed by atoms with van der Waals surface area (Å²) in [7, 11) is 0. The fraction of sp³-hybridized carbons (Fsp3) is 0.278. The van der Waals surface area contributed by atoms with Crippen molar-refractivity contribution in [3.05, 3.63) is 53.7 Å². The first kappa shape index (κ1) is 13.7. The van der Waals surface area contributed by atoms with E-state index in [-0.39, 0.29) is 0 Å². The lowest BCUT2D eigenvalue weighted by Crippen LogP contribution is -1.95. The quantitative estimate of drug-likeness (QED) is 0.772. The number of hydrogen-bond donors (Lipinski definition) is 1. The summed E-state index contributed by atoms with van der Waals surface area (Å²) < 4.78 is 1.95. The molecule has 1 aromatic carbocycles. The minimum absolute atomic E-state index is 0.583. The molecule has 0 spiro atoms. The van der Waals surface area contributed by atoms with E-state index in [2.05, 4.69) is 51.1 Å². The van der Waals surface area contributed by atoms with Crippen LogP contribution in [0.2, 0.25) is 0 Å². The Kier molecular flexibility index (Phi) is 3.42. The fourth-order valence-corrected chi connectivity index (χ4v) is 2.64. The summed E-state index contributed by atoms with van der Waals surface area (Å²) in [6, 6.07) is 12.7. The van der Waals surface area contributed by atoms with Gasteiger partial charge < -0.3 is 5.73 Å². The lowest BCUT2D eigenvalue weighted by atomic mass is 9.97. The molecule has 3 nitrogen and oxygen atoms in total. The van der Waals surface area contributed by atoms with Gasteiger partial charge in [0, 0.05) is 11.8 Å². The van der Waals surface area contributed by atoms with Crippen LogP contribution >= 0.6 is 0 Å². The van der Waals surface area contributed by atoms with Crippen molar-refractivity contribution in [2.45, 2.75) is 33.1 Å². The predicted octanol–water partition coefficient (Wildman–Crippen LogP) is 4.41. The van der Waals surface area contributed by atoms with E-state index < -0.39 is 0 Å². The first-order valence-corrected chi connectivity index (χ1v) is 7.45. The van der Waals surface area contributed by atoms with Gasteiger partial charge in [0.25, 0.3) is 0 Å². The summed E-state index contributed by atoms with van der Waals surface area (Å²) in [4.78, 5) is 4.71. The van der Waals surface area contributed by atoms with Gasteiger partial charge in [-0.3, -0.25) is 4.40 Å². The van der Waals surface area contributed by atoms with E-state index in [0.29, 0.717) is 11.7 Å². The highest BCUT2D eigenvalue weighted by Crippen LogP contribution is 2.29. The first-order chi connectivity index (χ1) is 10.1. The molecule has 3 rings (SSSR count).